The molecular formula is C12H12ClN3O3S. The Kier molecular flexibility index (Phi) is 4.20. The number of halogens is 1. The highest BCUT2D eigenvalue weighted by Gasteiger charge is 2.19. The molecule has 106 valence electrons. The summed E-state index contributed by atoms with van der Waals surface area (Å²) in [6, 6.07) is 4.71. The summed E-state index contributed by atoms with van der Waals surface area (Å²) in [6.45, 7) is 3.69. The molecule has 6 nitrogen and oxygen atoms in total. The summed E-state index contributed by atoms with van der Waals surface area (Å²) in [7, 11) is 0. The van der Waals surface area contributed by atoms with Gasteiger partial charge in [-0.3, -0.25) is 4.57 Å². The molecule has 0 bridgehead atoms. The number of nitrogens with zero attached hydrogens (tertiary/aromatic N) is 2. The molecule has 0 aliphatic heterocycles. The van der Waals surface area contributed by atoms with E-state index in [4.69, 9.17) is 11.6 Å². The average Bonchev–Trinajstić information content (AvgIpc) is 2.70. The van der Waals surface area contributed by atoms with E-state index in [1.165, 1.54) is 10.6 Å². The number of aromatic nitrogens is 3. The quantitative estimate of drug-likeness (QED) is 0.906. The van der Waals surface area contributed by atoms with Crippen molar-refractivity contribution < 1.29 is 9.90 Å². The van der Waals surface area contributed by atoms with Crippen molar-refractivity contribution in [2.24, 2.45) is 0 Å². The molecule has 0 fully saturated rings. The molecule has 0 saturated heterocycles. The highest BCUT2D eigenvalue weighted by molar-refractivity contribution is 7.99. The fourth-order valence-electron chi connectivity index (χ4n) is 1.71. The number of hydrogen-bond acceptors (Lipinski definition) is 4. The Labute approximate surface area is 123 Å². The van der Waals surface area contributed by atoms with Gasteiger partial charge in [-0.2, -0.15) is 0 Å². The Morgan fingerprint density at radius 1 is 1.50 bits per heavy atom. The zero-order chi connectivity index (χ0) is 14.9. The first kappa shape index (κ1) is 14.7. The Balaban J connectivity index is 2.49. The zero-order valence-corrected chi connectivity index (χ0v) is 12.3. The third kappa shape index (κ3) is 2.73. The molecule has 0 aliphatic rings. The van der Waals surface area contributed by atoms with Crippen LogP contribution in [0.1, 0.15) is 30.2 Å². The van der Waals surface area contributed by atoms with Gasteiger partial charge in [0.05, 0.1) is 10.6 Å². The third-order valence-electron chi connectivity index (χ3n) is 2.58. The van der Waals surface area contributed by atoms with E-state index in [9.17, 15) is 14.7 Å². The second-order valence-corrected chi connectivity index (χ2v) is 5.71. The minimum Gasteiger partial charge on any atom is -0.478 e. The average molecular weight is 314 g/mol. The molecule has 0 atom stereocenters. The van der Waals surface area contributed by atoms with Crippen LogP contribution in [0.2, 0.25) is 5.02 Å². The molecule has 0 saturated carbocycles. The van der Waals surface area contributed by atoms with Crippen LogP contribution in [0, 0.1) is 0 Å². The maximum atomic E-state index is 11.6. The molecule has 2 rings (SSSR count). The highest BCUT2D eigenvalue weighted by Crippen LogP contribution is 2.33. The zero-order valence-electron chi connectivity index (χ0n) is 10.8. The number of nitrogens with one attached hydrogen (secondary N) is 1. The summed E-state index contributed by atoms with van der Waals surface area (Å²) < 4.78 is 1.46. The van der Waals surface area contributed by atoms with Gasteiger partial charge in [0, 0.05) is 10.9 Å². The smallest absolute Gasteiger partial charge is 0.344 e. The summed E-state index contributed by atoms with van der Waals surface area (Å²) in [5, 5.41) is 16.0. The predicted molar refractivity (Wildman–Crippen MR) is 75.8 cm³/mol. The van der Waals surface area contributed by atoms with E-state index in [0.717, 1.165) is 11.8 Å². The third-order valence-corrected chi connectivity index (χ3v) is 3.92. The maximum Gasteiger partial charge on any atom is 0.344 e. The van der Waals surface area contributed by atoms with E-state index in [2.05, 4.69) is 10.2 Å². The van der Waals surface area contributed by atoms with E-state index in [1.807, 2.05) is 13.8 Å². The van der Waals surface area contributed by atoms with Gasteiger partial charge in [0.25, 0.3) is 0 Å². The molecule has 0 unspecified atom stereocenters. The van der Waals surface area contributed by atoms with Gasteiger partial charge in [-0.05, 0) is 37.7 Å². The van der Waals surface area contributed by atoms with Crippen LogP contribution in [0.25, 0.3) is 0 Å². The monoisotopic (exact) mass is 313 g/mol. The fraction of sp³-hybridized carbons (Fsp3) is 0.250. The van der Waals surface area contributed by atoms with E-state index in [-0.39, 0.29) is 22.3 Å². The van der Waals surface area contributed by atoms with Gasteiger partial charge in [-0.1, -0.05) is 17.7 Å². The van der Waals surface area contributed by atoms with Gasteiger partial charge in [-0.15, -0.1) is 5.10 Å². The number of carbonyl (C=O) groups is 1. The number of aromatic amines is 1. The van der Waals surface area contributed by atoms with Crippen molar-refractivity contribution in [3.8, 4) is 0 Å². The van der Waals surface area contributed by atoms with Crippen molar-refractivity contribution in [1.29, 1.82) is 0 Å². The van der Waals surface area contributed by atoms with E-state index in [1.54, 1.807) is 12.1 Å². The normalized spacial score (nSPS) is 11.0. The van der Waals surface area contributed by atoms with Crippen molar-refractivity contribution in [2.75, 3.05) is 0 Å². The molecule has 0 radical (unpaired) electrons. The number of aromatic carboxylic acids is 1. The molecule has 2 N–H and O–H groups in total. The standard InChI is InChI=1S/C12H12ClN3O3S/c1-6(2)16-11(19)14-15-12(16)20-8-5-3-4-7(13)9(8)10(17)18/h3-6H,1-2H3,(H,14,19)(H,17,18). The lowest BCUT2D eigenvalue weighted by atomic mass is 10.2. The minimum absolute atomic E-state index is 0.00456. The number of hydrogen-bond donors (Lipinski definition) is 2. The topological polar surface area (TPSA) is 88.0 Å². The van der Waals surface area contributed by atoms with Gasteiger partial charge < -0.3 is 5.11 Å². The first-order valence-electron chi connectivity index (χ1n) is 5.78. The Hall–Kier alpha value is -1.73. The number of benzene rings is 1. The Morgan fingerprint density at radius 2 is 2.20 bits per heavy atom. The first-order valence-corrected chi connectivity index (χ1v) is 6.97. The molecule has 0 aliphatic carbocycles. The van der Waals surface area contributed by atoms with Gasteiger partial charge in [0.15, 0.2) is 5.16 Å². The summed E-state index contributed by atoms with van der Waals surface area (Å²) in [6.07, 6.45) is 0. The predicted octanol–water partition coefficient (Wildman–Crippen LogP) is 2.66. The molecule has 8 heteroatoms. The van der Waals surface area contributed by atoms with Crippen molar-refractivity contribution >= 4 is 29.3 Å². The molecule has 2 aromatic rings. The van der Waals surface area contributed by atoms with Crippen molar-refractivity contribution in [3.63, 3.8) is 0 Å². The number of carboxylic acids is 1. The molecule has 1 aromatic heterocycles. The number of H-pyrrole nitrogens is 1. The second-order valence-electron chi connectivity index (χ2n) is 4.30. The van der Waals surface area contributed by atoms with Crippen LogP contribution in [-0.2, 0) is 0 Å². The summed E-state index contributed by atoms with van der Waals surface area (Å²) >= 11 is 7.00. The van der Waals surface area contributed by atoms with E-state index >= 15 is 0 Å². The molecule has 0 amide bonds. The molecule has 20 heavy (non-hydrogen) atoms. The van der Waals surface area contributed by atoms with Gasteiger partial charge >= 0.3 is 11.7 Å². The molecule has 1 heterocycles. The van der Waals surface area contributed by atoms with E-state index in [0.29, 0.717) is 10.1 Å². The Bertz CT molecular complexity index is 708. The lowest BCUT2D eigenvalue weighted by molar-refractivity contribution is 0.0693. The van der Waals surface area contributed by atoms with Crippen LogP contribution in [-0.4, -0.2) is 25.8 Å². The minimum atomic E-state index is -1.12. The maximum absolute atomic E-state index is 11.6. The molecular weight excluding hydrogens is 302 g/mol. The van der Waals surface area contributed by atoms with Crippen molar-refractivity contribution in [2.45, 2.75) is 29.9 Å². The first-order chi connectivity index (χ1) is 9.41. The summed E-state index contributed by atoms with van der Waals surface area (Å²) in [4.78, 5) is 23.3. The van der Waals surface area contributed by atoms with Gasteiger partial charge in [-0.25, -0.2) is 14.7 Å². The summed E-state index contributed by atoms with van der Waals surface area (Å²) in [5.74, 6) is -1.12. The van der Waals surface area contributed by atoms with Crippen LogP contribution < -0.4 is 5.69 Å². The SMILES string of the molecule is CC(C)n1c(Sc2cccc(Cl)c2C(=O)O)n[nH]c1=O. The number of carboxylic acid groups (broad SMARTS) is 1. The lowest BCUT2D eigenvalue weighted by Gasteiger charge is -2.10. The molecule has 1 aromatic carbocycles. The second kappa shape index (κ2) is 5.72. The van der Waals surface area contributed by atoms with Gasteiger partial charge in [0.2, 0.25) is 0 Å². The van der Waals surface area contributed by atoms with Crippen molar-refractivity contribution in [1.82, 2.24) is 14.8 Å². The van der Waals surface area contributed by atoms with Crippen LogP contribution in [0.5, 0.6) is 0 Å². The largest absolute Gasteiger partial charge is 0.478 e. The van der Waals surface area contributed by atoms with Crippen LogP contribution in [0.15, 0.2) is 33.0 Å². The lowest BCUT2D eigenvalue weighted by Crippen LogP contribution is -2.19. The van der Waals surface area contributed by atoms with Crippen LogP contribution >= 0.6 is 23.4 Å². The van der Waals surface area contributed by atoms with E-state index < -0.39 is 5.97 Å². The Morgan fingerprint density at radius 3 is 2.80 bits per heavy atom. The number of rotatable bonds is 4. The fourth-order valence-corrected chi connectivity index (χ4v) is 3.15. The van der Waals surface area contributed by atoms with Crippen LogP contribution in [0.3, 0.4) is 0 Å². The van der Waals surface area contributed by atoms with Gasteiger partial charge in [0.1, 0.15) is 0 Å². The molecule has 0 spiro atoms. The highest BCUT2D eigenvalue weighted by atomic mass is 35.5. The van der Waals surface area contributed by atoms with Crippen LogP contribution in [0.4, 0.5) is 0 Å². The summed E-state index contributed by atoms with van der Waals surface area (Å²) in [5.41, 5.74) is -0.327. The van der Waals surface area contributed by atoms with Crippen molar-refractivity contribution in [3.05, 3.63) is 39.3 Å².